The molecule has 0 aliphatic heterocycles. The van der Waals surface area contributed by atoms with Gasteiger partial charge in [-0.1, -0.05) is 0 Å². The summed E-state index contributed by atoms with van der Waals surface area (Å²) in [4.78, 5) is 0. The van der Waals surface area contributed by atoms with E-state index in [0.717, 1.165) is 18.1 Å². The summed E-state index contributed by atoms with van der Waals surface area (Å²) < 4.78 is 1.11. The van der Waals surface area contributed by atoms with Crippen molar-refractivity contribution in [2.45, 2.75) is 0 Å². The molecule has 0 spiro atoms. The summed E-state index contributed by atoms with van der Waals surface area (Å²) >= 11 is 1.08. The second kappa shape index (κ2) is 3.11. The van der Waals surface area contributed by atoms with Crippen LogP contribution in [0.2, 0.25) is 0 Å². The first-order valence-electron chi connectivity index (χ1n) is 2.19. The Hall–Kier alpha value is 0.00351. The van der Waals surface area contributed by atoms with E-state index < -0.39 is 0 Å². The van der Waals surface area contributed by atoms with Crippen LogP contribution in [0.15, 0.2) is 30.3 Å². The van der Waals surface area contributed by atoms with Crippen molar-refractivity contribution in [3.8, 4) is 0 Å². The normalized spacial score (nSPS) is 9.62. The van der Waals surface area contributed by atoms with E-state index in [2.05, 4.69) is 0 Å². The molecule has 0 fully saturated rings. The van der Waals surface area contributed by atoms with E-state index in [-0.39, 0.29) is 0 Å². The molecule has 0 saturated carbocycles. The molecule has 0 atom stereocenters. The standard InChI is InChI=1S/C6H5.ClH.Ni/c1-2-4-6-5-3-1;;/h1-5H;1H;/q;;+1/p-1. The molecule has 1 aromatic carbocycles. The second-order valence-electron chi connectivity index (χ2n) is 1.32. The first-order valence-corrected chi connectivity index (χ1v) is 4.04. The molecule has 46 valence electrons. The third kappa shape index (κ3) is 1.50. The molecule has 0 unspecified atom stereocenters. The Kier molecular flexibility index (Phi) is 2.39. The Morgan fingerprint density at radius 3 is 2.12 bits per heavy atom. The summed E-state index contributed by atoms with van der Waals surface area (Å²) in [5.41, 5.74) is 0. The Morgan fingerprint density at radius 2 is 1.75 bits per heavy atom. The fraction of sp³-hybridized carbons (Fsp3) is 0. The van der Waals surface area contributed by atoms with Crippen LogP contribution >= 0.6 is 10.2 Å². The van der Waals surface area contributed by atoms with Crippen LogP contribution in [0.3, 0.4) is 0 Å². The Balaban J connectivity index is 2.83. The van der Waals surface area contributed by atoms with Gasteiger partial charge in [0.05, 0.1) is 0 Å². The number of benzene rings is 1. The van der Waals surface area contributed by atoms with Crippen molar-refractivity contribution in [3.63, 3.8) is 0 Å². The van der Waals surface area contributed by atoms with Gasteiger partial charge in [-0.25, -0.2) is 0 Å². The van der Waals surface area contributed by atoms with Crippen LogP contribution < -0.4 is 4.53 Å². The van der Waals surface area contributed by atoms with E-state index in [0.29, 0.717) is 0 Å². The van der Waals surface area contributed by atoms with Crippen molar-refractivity contribution >= 4 is 14.7 Å². The summed E-state index contributed by atoms with van der Waals surface area (Å²) in [5, 5.41) is 0. The SMILES string of the molecule is [Cl][Ni][c]1ccccc1. The van der Waals surface area contributed by atoms with Gasteiger partial charge in [0.1, 0.15) is 0 Å². The Bertz CT molecular complexity index is 150. The molecular weight excluding hydrogens is 166 g/mol. The molecule has 0 N–H and O–H groups in total. The van der Waals surface area contributed by atoms with E-state index >= 15 is 0 Å². The predicted octanol–water partition coefficient (Wildman–Crippen LogP) is 1.55. The molecule has 1 rings (SSSR count). The number of hydrogen-bond donors (Lipinski definition) is 0. The molecule has 0 aliphatic rings. The molecular formula is C6H5ClNi. The van der Waals surface area contributed by atoms with E-state index in [1.54, 1.807) is 0 Å². The van der Waals surface area contributed by atoms with E-state index in [1.807, 2.05) is 30.3 Å². The zero-order valence-corrected chi connectivity index (χ0v) is 5.82. The average molecular weight is 171 g/mol. The fourth-order valence-electron chi connectivity index (χ4n) is 0.443. The molecule has 0 aromatic heterocycles. The van der Waals surface area contributed by atoms with Crippen LogP contribution in [0, 0.1) is 0 Å². The van der Waals surface area contributed by atoms with E-state index in [9.17, 15) is 0 Å². The number of rotatable bonds is 1. The summed E-state index contributed by atoms with van der Waals surface area (Å²) in [5.74, 6) is 0. The quantitative estimate of drug-likeness (QED) is 0.562. The van der Waals surface area contributed by atoms with Gasteiger partial charge in [-0.2, -0.15) is 0 Å². The van der Waals surface area contributed by atoms with Crippen molar-refractivity contribution < 1.29 is 13.5 Å². The summed E-state index contributed by atoms with van der Waals surface area (Å²) in [7, 11) is 5.46. The molecule has 2 heteroatoms. The maximum atomic E-state index is 5.46. The van der Waals surface area contributed by atoms with Crippen LogP contribution in [0.4, 0.5) is 0 Å². The zero-order valence-electron chi connectivity index (χ0n) is 4.08. The fourth-order valence-corrected chi connectivity index (χ4v) is 1.09. The van der Waals surface area contributed by atoms with Gasteiger partial charge >= 0.3 is 58.6 Å². The molecule has 8 heavy (non-hydrogen) atoms. The van der Waals surface area contributed by atoms with Gasteiger partial charge in [-0.3, -0.25) is 0 Å². The van der Waals surface area contributed by atoms with Crippen molar-refractivity contribution in [1.82, 2.24) is 0 Å². The third-order valence-electron chi connectivity index (χ3n) is 0.782. The van der Waals surface area contributed by atoms with Crippen LogP contribution in [-0.4, -0.2) is 0 Å². The van der Waals surface area contributed by atoms with Crippen molar-refractivity contribution in [3.05, 3.63) is 30.3 Å². The molecule has 0 saturated heterocycles. The monoisotopic (exact) mass is 170 g/mol. The van der Waals surface area contributed by atoms with Gasteiger partial charge in [0.25, 0.3) is 0 Å². The van der Waals surface area contributed by atoms with Gasteiger partial charge in [0.2, 0.25) is 0 Å². The van der Waals surface area contributed by atoms with Crippen LogP contribution in [0.5, 0.6) is 0 Å². The van der Waals surface area contributed by atoms with E-state index in [1.165, 1.54) is 0 Å². The predicted molar refractivity (Wildman–Crippen MR) is 31.9 cm³/mol. The average Bonchev–Trinajstić information content (AvgIpc) is 1.90. The molecule has 0 amide bonds. The first kappa shape index (κ1) is 6.13. The minimum absolute atomic E-state index is 1.08. The molecule has 0 nitrogen and oxygen atoms in total. The summed E-state index contributed by atoms with van der Waals surface area (Å²) in [6.45, 7) is 0. The second-order valence-corrected chi connectivity index (χ2v) is 2.57. The van der Waals surface area contributed by atoms with Gasteiger partial charge in [0, 0.05) is 0 Å². The summed E-state index contributed by atoms with van der Waals surface area (Å²) in [6.07, 6.45) is 0. The molecule has 0 radical (unpaired) electrons. The van der Waals surface area contributed by atoms with Crippen molar-refractivity contribution in [2.24, 2.45) is 0 Å². The van der Waals surface area contributed by atoms with E-state index in [4.69, 9.17) is 10.2 Å². The first-order chi connectivity index (χ1) is 3.93. The topological polar surface area (TPSA) is 0 Å². The Morgan fingerprint density at radius 1 is 1.12 bits per heavy atom. The molecule has 0 heterocycles. The van der Waals surface area contributed by atoms with Crippen molar-refractivity contribution in [2.75, 3.05) is 0 Å². The summed E-state index contributed by atoms with van der Waals surface area (Å²) in [6, 6.07) is 9.87. The minimum atomic E-state index is 1.08. The Labute approximate surface area is 58.9 Å². The van der Waals surface area contributed by atoms with Crippen LogP contribution in [-0.2, 0) is 13.5 Å². The maximum absolute atomic E-state index is 5.46. The number of halogens is 1. The van der Waals surface area contributed by atoms with Crippen LogP contribution in [0.1, 0.15) is 0 Å². The zero-order chi connectivity index (χ0) is 5.82. The van der Waals surface area contributed by atoms with Gasteiger partial charge in [-0.15, -0.1) is 0 Å². The van der Waals surface area contributed by atoms with Gasteiger partial charge < -0.3 is 0 Å². The third-order valence-corrected chi connectivity index (χ3v) is 1.90. The molecule has 0 aliphatic carbocycles. The van der Waals surface area contributed by atoms with Gasteiger partial charge in [0.15, 0.2) is 0 Å². The number of hydrogen-bond acceptors (Lipinski definition) is 0. The van der Waals surface area contributed by atoms with Crippen LogP contribution in [0.25, 0.3) is 0 Å². The molecule has 1 aromatic rings. The van der Waals surface area contributed by atoms with Crippen molar-refractivity contribution in [1.29, 1.82) is 0 Å². The van der Waals surface area contributed by atoms with Gasteiger partial charge in [-0.05, 0) is 0 Å². The molecule has 0 bridgehead atoms.